The fourth-order valence-electron chi connectivity index (χ4n) is 2.92. The van der Waals surface area contributed by atoms with Crippen LogP contribution in [0, 0.1) is 6.92 Å². The Bertz CT molecular complexity index is 646. The average Bonchev–Trinajstić information content (AvgIpc) is 3.02. The van der Waals surface area contributed by atoms with Gasteiger partial charge in [-0.1, -0.05) is 0 Å². The number of rotatable bonds is 3. The van der Waals surface area contributed by atoms with E-state index in [0.29, 0.717) is 11.3 Å². The fourth-order valence-corrected chi connectivity index (χ4v) is 2.92. The van der Waals surface area contributed by atoms with E-state index in [0.717, 1.165) is 39.1 Å². The largest absolute Gasteiger partial charge is 0.469 e. The van der Waals surface area contributed by atoms with Gasteiger partial charge in [-0.15, -0.1) is 0 Å². The van der Waals surface area contributed by atoms with Gasteiger partial charge in [0.05, 0.1) is 18.0 Å². The van der Waals surface area contributed by atoms with Crippen molar-refractivity contribution in [3.63, 3.8) is 0 Å². The number of hydrogen-bond acceptors (Lipinski definition) is 4. The summed E-state index contributed by atoms with van der Waals surface area (Å²) < 4.78 is 7.07. The number of nitrogens with zero attached hydrogens (tertiary/aromatic N) is 4. The van der Waals surface area contributed by atoms with Gasteiger partial charge in [-0.25, -0.2) is 0 Å². The van der Waals surface area contributed by atoms with Crippen molar-refractivity contribution in [3.05, 3.63) is 41.6 Å². The predicted octanol–water partition coefficient (Wildman–Crippen LogP) is 1.67. The first-order chi connectivity index (χ1) is 10.6. The normalized spacial score (nSPS) is 16.7. The highest BCUT2D eigenvalue weighted by atomic mass is 16.3. The Hall–Kier alpha value is -2.08. The minimum atomic E-state index is 0.0782. The third-order valence-corrected chi connectivity index (χ3v) is 4.13. The third-order valence-electron chi connectivity index (χ3n) is 4.13. The third kappa shape index (κ3) is 3.22. The molecule has 22 heavy (non-hydrogen) atoms. The number of aromatic nitrogens is 2. The average molecular weight is 302 g/mol. The van der Waals surface area contributed by atoms with Crippen molar-refractivity contribution in [2.45, 2.75) is 19.9 Å². The van der Waals surface area contributed by atoms with Gasteiger partial charge in [0.25, 0.3) is 5.91 Å². The molecule has 0 atom stereocenters. The summed E-state index contributed by atoms with van der Waals surface area (Å²) in [5.41, 5.74) is 1.90. The molecular weight excluding hydrogens is 280 g/mol. The highest BCUT2D eigenvalue weighted by Crippen LogP contribution is 2.15. The monoisotopic (exact) mass is 302 g/mol. The molecule has 6 nitrogen and oxygen atoms in total. The minimum absolute atomic E-state index is 0.0782. The van der Waals surface area contributed by atoms with Crippen molar-refractivity contribution < 1.29 is 9.21 Å². The van der Waals surface area contributed by atoms with E-state index in [1.54, 1.807) is 12.3 Å². The topological polar surface area (TPSA) is 54.5 Å². The maximum absolute atomic E-state index is 12.5. The smallest absolute Gasteiger partial charge is 0.257 e. The van der Waals surface area contributed by atoms with Crippen LogP contribution >= 0.6 is 0 Å². The van der Waals surface area contributed by atoms with Crippen LogP contribution in [0.15, 0.2) is 29.1 Å². The van der Waals surface area contributed by atoms with E-state index in [1.165, 1.54) is 5.56 Å². The van der Waals surface area contributed by atoms with Crippen LogP contribution in [0.5, 0.6) is 0 Å². The van der Waals surface area contributed by atoms with Crippen LogP contribution in [-0.4, -0.2) is 51.7 Å². The van der Waals surface area contributed by atoms with Crippen molar-refractivity contribution in [1.29, 1.82) is 0 Å². The zero-order valence-electron chi connectivity index (χ0n) is 13.2. The van der Waals surface area contributed by atoms with E-state index in [9.17, 15) is 4.79 Å². The molecule has 118 valence electrons. The number of carbonyl (C=O) groups excluding carboxylic acids is 1. The Morgan fingerprint density at radius 1 is 1.32 bits per heavy atom. The molecule has 1 fully saturated rings. The molecule has 1 saturated heterocycles. The Balaban J connectivity index is 1.60. The molecule has 0 bridgehead atoms. The number of aryl methyl sites for hydroxylation is 2. The second kappa shape index (κ2) is 6.36. The molecule has 0 radical (unpaired) electrons. The van der Waals surface area contributed by atoms with Crippen molar-refractivity contribution in [2.24, 2.45) is 7.05 Å². The Labute approximate surface area is 130 Å². The number of amides is 1. The van der Waals surface area contributed by atoms with Crippen molar-refractivity contribution in [3.8, 4) is 0 Å². The van der Waals surface area contributed by atoms with Crippen LogP contribution in [0.4, 0.5) is 0 Å². The van der Waals surface area contributed by atoms with Gasteiger partial charge in [0, 0.05) is 51.5 Å². The Morgan fingerprint density at radius 3 is 2.86 bits per heavy atom. The van der Waals surface area contributed by atoms with E-state index < -0.39 is 0 Å². The van der Waals surface area contributed by atoms with E-state index in [-0.39, 0.29) is 5.91 Å². The van der Waals surface area contributed by atoms with Gasteiger partial charge in [-0.2, -0.15) is 5.10 Å². The Morgan fingerprint density at radius 2 is 2.18 bits per heavy atom. The molecule has 0 aliphatic carbocycles. The van der Waals surface area contributed by atoms with Crippen molar-refractivity contribution in [1.82, 2.24) is 19.6 Å². The molecule has 3 heterocycles. The molecule has 0 spiro atoms. The van der Waals surface area contributed by atoms with Crippen molar-refractivity contribution in [2.75, 3.05) is 26.2 Å². The number of carbonyl (C=O) groups is 1. The summed E-state index contributed by atoms with van der Waals surface area (Å²) in [6, 6.07) is 1.76. The van der Waals surface area contributed by atoms with Gasteiger partial charge in [0.1, 0.15) is 5.76 Å². The van der Waals surface area contributed by atoms with Crippen LogP contribution in [0.2, 0.25) is 0 Å². The molecule has 0 N–H and O–H groups in total. The molecule has 2 aromatic rings. The molecular formula is C16H22N4O2. The lowest BCUT2D eigenvalue weighted by molar-refractivity contribution is 0.0759. The van der Waals surface area contributed by atoms with Gasteiger partial charge < -0.3 is 9.32 Å². The summed E-state index contributed by atoms with van der Waals surface area (Å²) >= 11 is 0. The van der Waals surface area contributed by atoms with E-state index in [4.69, 9.17) is 4.42 Å². The first-order valence-electron chi connectivity index (χ1n) is 7.67. The van der Waals surface area contributed by atoms with Gasteiger partial charge in [0.2, 0.25) is 0 Å². The summed E-state index contributed by atoms with van der Waals surface area (Å²) in [5, 5.41) is 4.21. The van der Waals surface area contributed by atoms with E-state index in [1.807, 2.05) is 35.9 Å². The molecule has 2 aromatic heterocycles. The zero-order chi connectivity index (χ0) is 15.5. The lowest BCUT2D eigenvalue weighted by Gasteiger charge is -2.21. The first-order valence-corrected chi connectivity index (χ1v) is 7.67. The maximum Gasteiger partial charge on any atom is 0.257 e. The summed E-state index contributed by atoms with van der Waals surface area (Å²) in [5.74, 6) is 0.774. The fraction of sp³-hybridized carbons (Fsp3) is 0.500. The summed E-state index contributed by atoms with van der Waals surface area (Å²) in [7, 11) is 1.93. The lowest BCUT2D eigenvalue weighted by Crippen LogP contribution is -2.35. The van der Waals surface area contributed by atoms with Gasteiger partial charge in [-0.05, 0) is 19.4 Å². The number of furan rings is 1. The number of hydrogen-bond donors (Lipinski definition) is 0. The molecule has 0 aromatic carbocycles. The molecule has 0 unspecified atom stereocenters. The van der Waals surface area contributed by atoms with Crippen LogP contribution in [0.3, 0.4) is 0 Å². The van der Waals surface area contributed by atoms with Crippen molar-refractivity contribution >= 4 is 5.91 Å². The van der Waals surface area contributed by atoms with E-state index in [2.05, 4.69) is 10.00 Å². The highest BCUT2D eigenvalue weighted by molar-refractivity contribution is 5.95. The van der Waals surface area contributed by atoms with Crippen LogP contribution in [0.1, 0.15) is 28.1 Å². The minimum Gasteiger partial charge on any atom is -0.469 e. The molecule has 1 aliphatic rings. The first kappa shape index (κ1) is 14.8. The zero-order valence-corrected chi connectivity index (χ0v) is 13.2. The second-order valence-corrected chi connectivity index (χ2v) is 5.83. The van der Waals surface area contributed by atoms with Gasteiger partial charge in [0.15, 0.2) is 0 Å². The van der Waals surface area contributed by atoms with Gasteiger partial charge >= 0.3 is 0 Å². The molecule has 1 aliphatic heterocycles. The van der Waals surface area contributed by atoms with E-state index >= 15 is 0 Å². The summed E-state index contributed by atoms with van der Waals surface area (Å²) in [4.78, 5) is 16.8. The molecule has 1 amide bonds. The summed E-state index contributed by atoms with van der Waals surface area (Å²) in [6.45, 7) is 6.16. The van der Waals surface area contributed by atoms with Gasteiger partial charge in [-0.3, -0.25) is 14.4 Å². The standard InChI is InChI=1S/C16H22N4O2/c1-13-15(4-9-22-13)16(21)20-6-3-5-19(7-8-20)12-14-10-17-18(2)11-14/h4,9-11H,3,5-8,12H2,1-2H3. The molecule has 6 heteroatoms. The summed E-state index contributed by atoms with van der Waals surface area (Å²) in [6.07, 6.45) is 6.52. The van der Waals surface area contributed by atoms with Crippen LogP contribution < -0.4 is 0 Å². The van der Waals surface area contributed by atoms with Crippen LogP contribution in [0.25, 0.3) is 0 Å². The van der Waals surface area contributed by atoms with Crippen LogP contribution in [-0.2, 0) is 13.6 Å². The quantitative estimate of drug-likeness (QED) is 0.865. The molecule has 0 saturated carbocycles. The second-order valence-electron chi connectivity index (χ2n) is 5.83. The Kier molecular flexibility index (Phi) is 4.29. The lowest BCUT2D eigenvalue weighted by atomic mass is 10.2. The maximum atomic E-state index is 12.5. The molecule has 3 rings (SSSR count). The highest BCUT2D eigenvalue weighted by Gasteiger charge is 2.22. The predicted molar refractivity (Wildman–Crippen MR) is 82.5 cm³/mol. The SMILES string of the molecule is Cc1occc1C(=O)N1CCCN(Cc2cnn(C)c2)CC1.